The molecule has 5 nitrogen and oxygen atoms in total. The average Bonchev–Trinajstić information content (AvgIpc) is 2.17. The van der Waals surface area contributed by atoms with Gasteiger partial charge < -0.3 is 14.7 Å². The van der Waals surface area contributed by atoms with Gasteiger partial charge in [-0.3, -0.25) is 4.79 Å². The van der Waals surface area contributed by atoms with Gasteiger partial charge in [-0.25, -0.2) is 4.79 Å². The number of hydrogen-bond acceptors (Lipinski definition) is 3. The Hall–Kier alpha value is -1.36. The number of carbonyl (C=O) groups is 2. The van der Waals surface area contributed by atoms with Crippen LogP contribution in [0.4, 0.5) is 0 Å². The molecule has 0 fully saturated rings. The number of rotatable bonds is 4. The third-order valence-corrected chi connectivity index (χ3v) is 2.14. The maximum absolute atomic E-state index is 11.5. The number of carboxylic acids is 1. The predicted molar refractivity (Wildman–Crippen MR) is 53.4 cm³/mol. The molecule has 0 aromatic rings. The highest BCUT2D eigenvalue weighted by Gasteiger charge is 2.16. The molecule has 0 saturated carbocycles. The molecule has 5 heteroatoms. The topological polar surface area (TPSA) is 66.8 Å². The van der Waals surface area contributed by atoms with Crippen molar-refractivity contribution in [2.45, 2.75) is 13.3 Å². The van der Waals surface area contributed by atoms with Crippen molar-refractivity contribution in [1.29, 1.82) is 0 Å². The Kier molecular flexibility index (Phi) is 4.30. The third kappa shape index (κ3) is 4.12. The summed E-state index contributed by atoms with van der Waals surface area (Å²) in [7, 11) is 0. The van der Waals surface area contributed by atoms with E-state index in [-0.39, 0.29) is 12.5 Å². The van der Waals surface area contributed by atoms with Crippen molar-refractivity contribution in [3.8, 4) is 0 Å². The zero-order valence-corrected chi connectivity index (χ0v) is 8.73. The second kappa shape index (κ2) is 5.50. The van der Waals surface area contributed by atoms with Gasteiger partial charge >= 0.3 is 5.97 Å². The van der Waals surface area contributed by atoms with Gasteiger partial charge in [-0.15, -0.1) is 0 Å². The second-order valence-electron chi connectivity index (χ2n) is 3.54. The minimum atomic E-state index is -1.06. The molecule has 0 spiro atoms. The Morgan fingerprint density at radius 2 is 2.27 bits per heavy atom. The molecule has 0 aromatic carbocycles. The molecule has 1 aliphatic rings. The number of aliphatic carboxylic acids is 1. The van der Waals surface area contributed by atoms with Gasteiger partial charge in [-0.1, -0.05) is 11.6 Å². The van der Waals surface area contributed by atoms with Crippen LogP contribution in [0.25, 0.3) is 0 Å². The molecular formula is C10H15NO4. The van der Waals surface area contributed by atoms with E-state index >= 15 is 0 Å². The van der Waals surface area contributed by atoms with Crippen LogP contribution in [0.15, 0.2) is 11.6 Å². The number of hydrogen-bond donors (Lipinski definition) is 1. The van der Waals surface area contributed by atoms with E-state index < -0.39 is 12.6 Å². The fraction of sp³-hybridized carbons (Fsp3) is 0.600. The van der Waals surface area contributed by atoms with Crippen LogP contribution >= 0.6 is 0 Å². The second-order valence-corrected chi connectivity index (χ2v) is 3.54. The van der Waals surface area contributed by atoms with E-state index in [0.717, 1.165) is 12.0 Å². The van der Waals surface area contributed by atoms with Gasteiger partial charge in [-0.05, 0) is 13.3 Å². The highest BCUT2D eigenvalue weighted by atomic mass is 16.5. The molecule has 1 N–H and O–H groups in total. The van der Waals surface area contributed by atoms with Gasteiger partial charge in [-0.2, -0.15) is 0 Å². The Morgan fingerprint density at radius 3 is 2.87 bits per heavy atom. The quantitative estimate of drug-likeness (QED) is 0.680. The summed E-state index contributed by atoms with van der Waals surface area (Å²) in [5.74, 6) is -1.21. The van der Waals surface area contributed by atoms with Crippen LogP contribution in [0.1, 0.15) is 13.3 Å². The molecule has 0 unspecified atom stereocenters. The number of ether oxygens (including phenoxy) is 1. The normalized spacial score (nSPS) is 16.1. The van der Waals surface area contributed by atoms with Gasteiger partial charge in [0.1, 0.15) is 13.2 Å². The first-order valence-electron chi connectivity index (χ1n) is 4.82. The summed E-state index contributed by atoms with van der Waals surface area (Å²) >= 11 is 0. The van der Waals surface area contributed by atoms with E-state index in [2.05, 4.69) is 6.08 Å². The van der Waals surface area contributed by atoms with Crippen molar-refractivity contribution in [3.05, 3.63) is 11.6 Å². The molecule has 0 aromatic heterocycles. The Bertz CT molecular complexity index is 285. The molecular weight excluding hydrogens is 198 g/mol. The molecule has 1 aliphatic heterocycles. The molecule has 0 atom stereocenters. The summed E-state index contributed by atoms with van der Waals surface area (Å²) in [4.78, 5) is 23.3. The summed E-state index contributed by atoms with van der Waals surface area (Å²) in [5.41, 5.74) is 1.16. The highest BCUT2D eigenvalue weighted by Crippen LogP contribution is 2.08. The van der Waals surface area contributed by atoms with E-state index in [1.807, 2.05) is 6.92 Å². The van der Waals surface area contributed by atoms with Crippen LogP contribution in [-0.4, -0.2) is 48.2 Å². The first kappa shape index (κ1) is 11.7. The van der Waals surface area contributed by atoms with Crippen LogP contribution in [0.2, 0.25) is 0 Å². The molecule has 1 rings (SSSR count). The van der Waals surface area contributed by atoms with Crippen molar-refractivity contribution in [1.82, 2.24) is 4.90 Å². The zero-order valence-electron chi connectivity index (χ0n) is 8.73. The molecule has 0 radical (unpaired) electrons. The van der Waals surface area contributed by atoms with Crippen molar-refractivity contribution in [2.24, 2.45) is 0 Å². The maximum Gasteiger partial charge on any atom is 0.329 e. The predicted octanol–water partition coefficient (Wildman–Crippen LogP) is 0.266. The van der Waals surface area contributed by atoms with E-state index in [4.69, 9.17) is 9.84 Å². The summed E-state index contributed by atoms with van der Waals surface area (Å²) < 4.78 is 4.74. The molecule has 1 heterocycles. The fourth-order valence-corrected chi connectivity index (χ4v) is 1.44. The molecule has 0 aliphatic carbocycles. The van der Waals surface area contributed by atoms with E-state index in [1.54, 1.807) is 4.90 Å². The first-order chi connectivity index (χ1) is 7.09. The van der Waals surface area contributed by atoms with Gasteiger partial charge in [0.15, 0.2) is 0 Å². The summed E-state index contributed by atoms with van der Waals surface area (Å²) in [6.07, 6.45) is 2.96. The molecule has 84 valence electrons. The molecule has 0 saturated heterocycles. The molecule has 15 heavy (non-hydrogen) atoms. The average molecular weight is 213 g/mol. The smallest absolute Gasteiger partial charge is 0.329 e. The van der Waals surface area contributed by atoms with Crippen LogP contribution in [0.3, 0.4) is 0 Å². The number of amides is 1. The Balaban J connectivity index is 2.28. The van der Waals surface area contributed by atoms with Gasteiger partial charge in [0, 0.05) is 13.1 Å². The lowest BCUT2D eigenvalue weighted by Crippen LogP contribution is -2.38. The summed E-state index contributed by atoms with van der Waals surface area (Å²) in [5, 5.41) is 8.32. The van der Waals surface area contributed by atoms with Gasteiger partial charge in [0.25, 0.3) is 0 Å². The minimum Gasteiger partial charge on any atom is -0.480 e. The van der Waals surface area contributed by atoms with Gasteiger partial charge in [0.2, 0.25) is 5.91 Å². The molecule has 1 amide bonds. The monoisotopic (exact) mass is 213 g/mol. The lowest BCUT2D eigenvalue weighted by atomic mass is 10.1. The standard InChI is InChI=1S/C10H15NO4/c1-8-3-2-4-11(5-8)9(12)6-15-7-10(13)14/h3H,2,4-7H2,1H3,(H,13,14). The maximum atomic E-state index is 11.5. The number of nitrogens with zero attached hydrogens (tertiary/aromatic N) is 1. The lowest BCUT2D eigenvalue weighted by Gasteiger charge is -2.25. The Labute approximate surface area is 88.3 Å². The zero-order chi connectivity index (χ0) is 11.3. The van der Waals surface area contributed by atoms with E-state index in [1.165, 1.54) is 0 Å². The van der Waals surface area contributed by atoms with Crippen molar-refractivity contribution < 1.29 is 19.4 Å². The van der Waals surface area contributed by atoms with Crippen molar-refractivity contribution >= 4 is 11.9 Å². The SMILES string of the molecule is CC1=CCCN(C(=O)COCC(=O)O)C1. The first-order valence-corrected chi connectivity index (χ1v) is 4.82. The lowest BCUT2D eigenvalue weighted by molar-refractivity contribution is -0.145. The van der Waals surface area contributed by atoms with Gasteiger partial charge in [0.05, 0.1) is 0 Å². The summed E-state index contributed by atoms with van der Waals surface area (Å²) in [6, 6.07) is 0. The van der Waals surface area contributed by atoms with Crippen molar-refractivity contribution in [2.75, 3.05) is 26.3 Å². The largest absolute Gasteiger partial charge is 0.480 e. The molecule has 0 bridgehead atoms. The highest BCUT2D eigenvalue weighted by molar-refractivity contribution is 5.78. The van der Waals surface area contributed by atoms with E-state index in [9.17, 15) is 9.59 Å². The van der Waals surface area contributed by atoms with E-state index in [0.29, 0.717) is 13.1 Å². The van der Waals surface area contributed by atoms with Crippen LogP contribution in [-0.2, 0) is 14.3 Å². The van der Waals surface area contributed by atoms with Crippen molar-refractivity contribution in [3.63, 3.8) is 0 Å². The van der Waals surface area contributed by atoms with Crippen LogP contribution in [0.5, 0.6) is 0 Å². The number of carbonyl (C=O) groups excluding carboxylic acids is 1. The number of carboxylic acid groups (broad SMARTS) is 1. The van der Waals surface area contributed by atoms with Crippen LogP contribution < -0.4 is 0 Å². The fourth-order valence-electron chi connectivity index (χ4n) is 1.44. The minimum absolute atomic E-state index is 0.149. The van der Waals surface area contributed by atoms with Crippen LogP contribution in [0, 0.1) is 0 Å². The third-order valence-electron chi connectivity index (χ3n) is 2.14. The Morgan fingerprint density at radius 1 is 1.53 bits per heavy atom. The summed E-state index contributed by atoms with van der Waals surface area (Å²) in [6.45, 7) is 2.70.